The third-order valence-corrected chi connectivity index (χ3v) is 2.70. The first kappa shape index (κ1) is 8.57. The van der Waals surface area contributed by atoms with Crippen LogP contribution < -0.4 is 0 Å². The van der Waals surface area contributed by atoms with E-state index < -0.39 is 0 Å². The van der Waals surface area contributed by atoms with E-state index >= 15 is 0 Å². The summed E-state index contributed by atoms with van der Waals surface area (Å²) in [6, 6.07) is 0. The van der Waals surface area contributed by atoms with E-state index in [1.54, 1.807) is 0 Å². The fourth-order valence-electron chi connectivity index (χ4n) is 1.71. The number of rotatable bonds is 3. The highest BCUT2D eigenvalue weighted by molar-refractivity contribution is 5.79. The highest BCUT2D eigenvalue weighted by Crippen LogP contribution is 2.55. The van der Waals surface area contributed by atoms with E-state index in [9.17, 15) is 4.79 Å². The monoisotopic (exact) mass is 156 g/mol. The van der Waals surface area contributed by atoms with Crippen LogP contribution in [0, 0.1) is 11.3 Å². The average Bonchev–Trinajstić information content (AvgIpc) is 2.63. The highest BCUT2D eigenvalue weighted by atomic mass is 16.5. The van der Waals surface area contributed by atoms with Crippen LogP contribution in [-0.4, -0.2) is 13.1 Å². The van der Waals surface area contributed by atoms with Gasteiger partial charge in [0, 0.05) is 0 Å². The van der Waals surface area contributed by atoms with Gasteiger partial charge in [0.2, 0.25) is 0 Å². The first-order valence-electron chi connectivity index (χ1n) is 4.23. The molecule has 1 aliphatic carbocycles. The van der Waals surface area contributed by atoms with Gasteiger partial charge in [-0.2, -0.15) is 0 Å². The molecule has 0 aromatic rings. The second kappa shape index (κ2) is 2.84. The molecule has 2 heteroatoms. The van der Waals surface area contributed by atoms with Crippen LogP contribution in [0.2, 0.25) is 0 Å². The van der Waals surface area contributed by atoms with Gasteiger partial charge < -0.3 is 4.74 Å². The summed E-state index contributed by atoms with van der Waals surface area (Å²) in [5.74, 6) is 0.552. The van der Waals surface area contributed by atoms with E-state index in [-0.39, 0.29) is 11.4 Å². The van der Waals surface area contributed by atoms with Gasteiger partial charge in [0.25, 0.3) is 0 Å². The van der Waals surface area contributed by atoms with Gasteiger partial charge in [0.15, 0.2) is 0 Å². The van der Waals surface area contributed by atoms with Crippen LogP contribution in [0.4, 0.5) is 0 Å². The Balaban J connectivity index is 2.42. The maximum atomic E-state index is 11.2. The fourth-order valence-corrected chi connectivity index (χ4v) is 1.71. The molecule has 0 unspecified atom stereocenters. The van der Waals surface area contributed by atoms with E-state index in [0.717, 1.165) is 19.3 Å². The molecule has 64 valence electrons. The largest absolute Gasteiger partial charge is 0.469 e. The third-order valence-electron chi connectivity index (χ3n) is 2.70. The zero-order valence-electron chi connectivity index (χ0n) is 7.52. The zero-order valence-corrected chi connectivity index (χ0v) is 7.52. The molecule has 1 aliphatic rings. The quantitative estimate of drug-likeness (QED) is 0.584. The number of carbonyl (C=O) groups is 1. The molecule has 1 fully saturated rings. The van der Waals surface area contributed by atoms with Crippen molar-refractivity contribution in [2.75, 3.05) is 7.11 Å². The Morgan fingerprint density at radius 3 is 2.82 bits per heavy atom. The first-order chi connectivity index (χ1) is 5.15. The summed E-state index contributed by atoms with van der Waals surface area (Å²) in [5, 5.41) is 0. The van der Waals surface area contributed by atoms with Crippen molar-refractivity contribution in [3.63, 3.8) is 0 Å². The van der Waals surface area contributed by atoms with Crippen molar-refractivity contribution >= 4 is 5.97 Å². The smallest absolute Gasteiger partial charge is 0.311 e. The summed E-state index contributed by atoms with van der Waals surface area (Å²) in [4.78, 5) is 11.2. The molecule has 2 nitrogen and oxygen atoms in total. The van der Waals surface area contributed by atoms with E-state index in [4.69, 9.17) is 4.74 Å². The normalized spacial score (nSPS) is 35.0. The lowest BCUT2D eigenvalue weighted by atomic mass is 10.0. The second-order valence-electron chi connectivity index (χ2n) is 3.60. The average molecular weight is 156 g/mol. The topological polar surface area (TPSA) is 26.3 Å². The van der Waals surface area contributed by atoms with Crippen LogP contribution in [-0.2, 0) is 9.53 Å². The molecule has 0 saturated heterocycles. The summed E-state index contributed by atoms with van der Waals surface area (Å²) in [7, 11) is 1.47. The highest BCUT2D eigenvalue weighted by Gasteiger charge is 2.55. The maximum absolute atomic E-state index is 11.2. The number of esters is 1. The molecule has 0 aromatic heterocycles. The standard InChI is InChI=1S/C9H16O2/c1-4-5-7-6-9(7,2)8(10)11-3/h7H,4-6H2,1-3H3/t7-,9+/m1/s1. The molecular formula is C9H16O2. The van der Waals surface area contributed by atoms with Crippen molar-refractivity contribution in [1.29, 1.82) is 0 Å². The van der Waals surface area contributed by atoms with E-state index in [0.29, 0.717) is 5.92 Å². The van der Waals surface area contributed by atoms with Crippen molar-refractivity contribution in [3.8, 4) is 0 Å². The number of ether oxygens (including phenoxy) is 1. The van der Waals surface area contributed by atoms with Crippen molar-refractivity contribution in [2.45, 2.75) is 33.1 Å². The number of methoxy groups -OCH3 is 1. The van der Waals surface area contributed by atoms with Crippen LogP contribution >= 0.6 is 0 Å². The molecule has 11 heavy (non-hydrogen) atoms. The Bertz CT molecular complexity index is 165. The van der Waals surface area contributed by atoms with Crippen LogP contribution in [0.15, 0.2) is 0 Å². The number of hydrogen-bond donors (Lipinski definition) is 0. The first-order valence-corrected chi connectivity index (χ1v) is 4.23. The molecule has 0 N–H and O–H groups in total. The van der Waals surface area contributed by atoms with Gasteiger partial charge in [-0.3, -0.25) is 4.79 Å². The van der Waals surface area contributed by atoms with Gasteiger partial charge in [-0.1, -0.05) is 13.3 Å². The van der Waals surface area contributed by atoms with Crippen LogP contribution in [0.1, 0.15) is 33.1 Å². The van der Waals surface area contributed by atoms with Gasteiger partial charge in [0.1, 0.15) is 0 Å². The molecule has 0 radical (unpaired) electrons. The Labute approximate surface area is 67.9 Å². The van der Waals surface area contributed by atoms with Gasteiger partial charge in [-0.25, -0.2) is 0 Å². The Morgan fingerprint density at radius 1 is 1.73 bits per heavy atom. The van der Waals surface area contributed by atoms with E-state index in [1.807, 2.05) is 6.92 Å². The minimum Gasteiger partial charge on any atom is -0.469 e. The summed E-state index contributed by atoms with van der Waals surface area (Å²) >= 11 is 0. The van der Waals surface area contributed by atoms with Gasteiger partial charge >= 0.3 is 5.97 Å². The minimum absolute atomic E-state index is 0.0315. The molecule has 0 amide bonds. The molecule has 2 atom stereocenters. The number of hydrogen-bond acceptors (Lipinski definition) is 2. The van der Waals surface area contributed by atoms with E-state index in [1.165, 1.54) is 7.11 Å². The third kappa shape index (κ3) is 1.39. The predicted molar refractivity (Wildman–Crippen MR) is 43.1 cm³/mol. The Kier molecular flexibility index (Phi) is 2.21. The lowest BCUT2D eigenvalue weighted by Gasteiger charge is -2.06. The summed E-state index contributed by atoms with van der Waals surface area (Å²) in [6.07, 6.45) is 3.34. The SMILES string of the molecule is CCC[C@@H]1C[C@]1(C)C(=O)OC. The molecule has 0 spiro atoms. The van der Waals surface area contributed by atoms with Crippen LogP contribution in [0.3, 0.4) is 0 Å². The molecule has 0 aromatic carbocycles. The van der Waals surface area contributed by atoms with Gasteiger partial charge in [-0.15, -0.1) is 0 Å². The summed E-state index contributed by atoms with van der Waals surface area (Å²) < 4.78 is 4.71. The lowest BCUT2D eigenvalue weighted by molar-refractivity contribution is -0.147. The Morgan fingerprint density at radius 2 is 2.36 bits per heavy atom. The molecular weight excluding hydrogens is 140 g/mol. The van der Waals surface area contributed by atoms with Crippen molar-refractivity contribution in [3.05, 3.63) is 0 Å². The summed E-state index contributed by atoms with van der Waals surface area (Å²) in [6.45, 7) is 4.15. The molecule has 1 rings (SSSR count). The van der Waals surface area contributed by atoms with Gasteiger partial charge in [-0.05, 0) is 25.7 Å². The lowest BCUT2D eigenvalue weighted by Crippen LogP contribution is -2.15. The second-order valence-corrected chi connectivity index (χ2v) is 3.60. The molecule has 0 bridgehead atoms. The van der Waals surface area contributed by atoms with Crippen molar-refractivity contribution in [1.82, 2.24) is 0 Å². The van der Waals surface area contributed by atoms with E-state index in [2.05, 4.69) is 6.92 Å². The molecule has 1 saturated carbocycles. The van der Waals surface area contributed by atoms with Crippen LogP contribution in [0.5, 0.6) is 0 Å². The summed E-state index contributed by atoms with van der Waals surface area (Å²) in [5.41, 5.74) is -0.134. The predicted octanol–water partition coefficient (Wildman–Crippen LogP) is 1.99. The van der Waals surface area contributed by atoms with Gasteiger partial charge in [0.05, 0.1) is 12.5 Å². The maximum Gasteiger partial charge on any atom is 0.311 e. The molecule has 0 aliphatic heterocycles. The zero-order chi connectivity index (χ0) is 8.48. The van der Waals surface area contributed by atoms with Crippen LogP contribution in [0.25, 0.3) is 0 Å². The minimum atomic E-state index is -0.134. The number of carbonyl (C=O) groups excluding carboxylic acids is 1. The fraction of sp³-hybridized carbons (Fsp3) is 0.889. The van der Waals surface area contributed by atoms with Crippen molar-refractivity contribution < 1.29 is 9.53 Å². The van der Waals surface area contributed by atoms with Crippen molar-refractivity contribution in [2.24, 2.45) is 11.3 Å². The molecule has 0 heterocycles. The Hall–Kier alpha value is -0.530.